The lowest BCUT2D eigenvalue weighted by atomic mass is 10.1. The van der Waals surface area contributed by atoms with Gasteiger partial charge in [-0.25, -0.2) is 4.98 Å². The molecular formula is C14H13BrCl2N2. The van der Waals surface area contributed by atoms with E-state index in [4.69, 9.17) is 23.2 Å². The van der Waals surface area contributed by atoms with Crippen LogP contribution in [0, 0.1) is 6.92 Å². The van der Waals surface area contributed by atoms with Gasteiger partial charge in [-0.3, -0.25) is 0 Å². The number of rotatable bonds is 4. The van der Waals surface area contributed by atoms with E-state index in [2.05, 4.69) is 26.2 Å². The summed E-state index contributed by atoms with van der Waals surface area (Å²) in [4.78, 5) is 4.33. The lowest BCUT2D eigenvalue weighted by Gasteiger charge is -2.09. The largest absolute Gasteiger partial charge is 0.370 e. The Kier molecular flexibility index (Phi) is 5.08. The van der Waals surface area contributed by atoms with Crippen LogP contribution in [0.4, 0.5) is 5.82 Å². The molecule has 1 N–H and O–H groups in total. The van der Waals surface area contributed by atoms with E-state index in [1.807, 2.05) is 25.1 Å². The maximum absolute atomic E-state index is 6.13. The average Bonchev–Trinajstić information content (AvgIpc) is 2.34. The van der Waals surface area contributed by atoms with Gasteiger partial charge >= 0.3 is 0 Å². The summed E-state index contributed by atoms with van der Waals surface area (Å²) in [5.41, 5.74) is 2.19. The van der Waals surface area contributed by atoms with Gasteiger partial charge in [-0.1, -0.05) is 29.3 Å². The number of hydrogen-bond donors (Lipinski definition) is 1. The summed E-state index contributed by atoms with van der Waals surface area (Å²) < 4.78 is 0.983. The highest BCUT2D eigenvalue weighted by Crippen LogP contribution is 2.22. The fourth-order valence-corrected chi connectivity index (χ4v) is 2.71. The van der Waals surface area contributed by atoms with Crippen LogP contribution < -0.4 is 5.32 Å². The highest BCUT2D eigenvalue weighted by molar-refractivity contribution is 9.10. The van der Waals surface area contributed by atoms with Gasteiger partial charge in [-0.05, 0) is 58.6 Å². The average molecular weight is 360 g/mol. The van der Waals surface area contributed by atoms with Crippen molar-refractivity contribution in [3.05, 3.63) is 56.1 Å². The molecule has 0 aliphatic carbocycles. The van der Waals surface area contributed by atoms with Crippen molar-refractivity contribution >= 4 is 44.9 Å². The number of benzene rings is 1. The molecule has 19 heavy (non-hydrogen) atoms. The topological polar surface area (TPSA) is 24.9 Å². The van der Waals surface area contributed by atoms with Crippen molar-refractivity contribution in [1.82, 2.24) is 4.98 Å². The van der Waals surface area contributed by atoms with Crippen LogP contribution in [0.1, 0.15) is 11.1 Å². The number of aryl methyl sites for hydroxylation is 1. The van der Waals surface area contributed by atoms with Crippen LogP contribution in [0.2, 0.25) is 10.0 Å². The van der Waals surface area contributed by atoms with Crippen LogP contribution >= 0.6 is 39.1 Å². The third-order valence-electron chi connectivity index (χ3n) is 2.75. The number of pyridine rings is 1. The van der Waals surface area contributed by atoms with Crippen LogP contribution in [0.5, 0.6) is 0 Å². The van der Waals surface area contributed by atoms with Gasteiger partial charge < -0.3 is 5.32 Å². The first-order valence-corrected chi connectivity index (χ1v) is 7.41. The van der Waals surface area contributed by atoms with Crippen molar-refractivity contribution in [3.8, 4) is 0 Å². The summed E-state index contributed by atoms with van der Waals surface area (Å²) in [7, 11) is 0. The van der Waals surface area contributed by atoms with Gasteiger partial charge in [0.1, 0.15) is 5.82 Å². The third kappa shape index (κ3) is 4.10. The third-order valence-corrected chi connectivity index (χ3v) is 3.77. The van der Waals surface area contributed by atoms with E-state index in [-0.39, 0.29) is 0 Å². The number of hydrogen-bond acceptors (Lipinski definition) is 2. The van der Waals surface area contributed by atoms with Crippen molar-refractivity contribution in [1.29, 1.82) is 0 Å². The molecule has 0 bridgehead atoms. The second-order valence-electron chi connectivity index (χ2n) is 4.23. The molecule has 0 aliphatic heterocycles. The molecule has 2 nitrogen and oxygen atoms in total. The molecule has 2 aromatic rings. The molecule has 100 valence electrons. The number of halogens is 3. The maximum Gasteiger partial charge on any atom is 0.128 e. The van der Waals surface area contributed by atoms with E-state index >= 15 is 0 Å². The normalized spacial score (nSPS) is 10.5. The fraction of sp³-hybridized carbons (Fsp3) is 0.214. The van der Waals surface area contributed by atoms with Gasteiger partial charge in [0.25, 0.3) is 0 Å². The van der Waals surface area contributed by atoms with E-state index < -0.39 is 0 Å². The maximum atomic E-state index is 6.13. The second-order valence-corrected chi connectivity index (χ2v) is 5.99. The van der Waals surface area contributed by atoms with E-state index in [0.29, 0.717) is 10.0 Å². The Bertz CT molecular complexity index is 536. The van der Waals surface area contributed by atoms with E-state index in [1.54, 1.807) is 12.3 Å². The van der Waals surface area contributed by atoms with Crippen LogP contribution in [-0.2, 0) is 6.42 Å². The molecule has 0 unspecified atom stereocenters. The molecule has 5 heteroatoms. The highest BCUT2D eigenvalue weighted by atomic mass is 79.9. The number of aromatic nitrogens is 1. The molecular weight excluding hydrogens is 347 g/mol. The Hall–Kier alpha value is -0.770. The molecule has 0 spiro atoms. The van der Waals surface area contributed by atoms with Gasteiger partial charge in [-0.2, -0.15) is 0 Å². The summed E-state index contributed by atoms with van der Waals surface area (Å²) in [6, 6.07) is 7.60. The molecule has 0 radical (unpaired) electrons. The monoisotopic (exact) mass is 358 g/mol. The zero-order valence-corrected chi connectivity index (χ0v) is 13.5. The predicted octanol–water partition coefficient (Wildman–Crippen LogP) is 5.11. The van der Waals surface area contributed by atoms with Gasteiger partial charge in [0.15, 0.2) is 0 Å². The Labute approximate surface area is 131 Å². The second kappa shape index (κ2) is 6.60. The molecule has 1 aromatic heterocycles. The highest BCUT2D eigenvalue weighted by Gasteiger charge is 2.03. The first-order chi connectivity index (χ1) is 9.06. The number of nitrogens with one attached hydrogen (secondary N) is 1. The molecule has 0 aliphatic rings. The van der Waals surface area contributed by atoms with Gasteiger partial charge in [-0.15, -0.1) is 0 Å². The standard InChI is InChI=1S/C14H13BrCl2N2/c1-9-6-11(15)8-19-14(9)18-5-4-10-2-3-12(16)7-13(10)17/h2-3,6-8H,4-5H2,1H3,(H,18,19). The minimum absolute atomic E-state index is 0.659. The van der Waals surface area contributed by atoms with Crippen LogP contribution in [0.15, 0.2) is 34.9 Å². The summed E-state index contributed by atoms with van der Waals surface area (Å²) in [5.74, 6) is 0.897. The fourth-order valence-electron chi connectivity index (χ4n) is 1.77. The van der Waals surface area contributed by atoms with Crippen molar-refractivity contribution in [2.24, 2.45) is 0 Å². The molecule has 2 rings (SSSR count). The minimum Gasteiger partial charge on any atom is -0.370 e. The van der Waals surface area contributed by atoms with Crippen LogP contribution in [0.3, 0.4) is 0 Å². The molecule has 1 heterocycles. The van der Waals surface area contributed by atoms with Crippen molar-refractivity contribution in [3.63, 3.8) is 0 Å². The van der Waals surface area contributed by atoms with Crippen molar-refractivity contribution in [2.75, 3.05) is 11.9 Å². The molecule has 0 fully saturated rings. The molecule has 0 atom stereocenters. The summed E-state index contributed by atoms with van der Waals surface area (Å²) >= 11 is 15.4. The summed E-state index contributed by atoms with van der Waals surface area (Å²) in [6.45, 7) is 2.80. The van der Waals surface area contributed by atoms with E-state index in [0.717, 1.165) is 34.4 Å². The zero-order chi connectivity index (χ0) is 13.8. The molecule has 0 saturated carbocycles. The summed E-state index contributed by atoms with van der Waals surface area (Å²) in [5, 5.41) is 4.67. The van der Waals surface area contributed by atoms with Crippen molar-refractivity contribution in [2.45, 2.75) is 13.3 Å². The first kappa shape index (κ1) is 14.6. The lowest BCUT2D eigenvalue weighted by Crippen LogP contribution is -2.07. The first-order valence-electron chi connectivity index (χ1n) is 5.86. The Morgan fingerprint density at radius 2 is 2.05 bits per heavy atom. The number of nitrogens with zero attached hydrogens (tertiary/aromatic N) is 1. The molecule has 0 amide bonds. The smallest absolute Gasteiger partial charge is 0.128 e. The number of anilines is 1. The lowest BCUT2D eigenvalue weighted by molar-refractivity contribution is 1.00. The quantitative estimate of drug-likeness (QED) is 0.819. The Morgan fingerprint density at radius 3 is 2.74 bits per heavy atom. The zero-order valence-electron chi connectivity index (χ0n) is 10.4. The SMILES string of the molecule is Cc1cc(Br)cnc1NCCc1ccc(Cl)cc1Cl. The molecule has 1 aromatic carbocycles. The summed E-state index contributed by atoms with van der Waals surface area (Å²) in [6.07, 6.45) is 2.61. The predicted molar refractivity (Wildman–Crippen MR) is 85.3 cm³/mol. The van der Waals surface area contributed by atoms with Gasteiger partial charge in [0.2, 0.25) is 0 Å². The van der Waals surface area contributed by atoms with Gasteiger partial charge in [0, 0.05) is 27.3 Å². The minimum atomic E-state index is 0.659. The van der Waals surface area contributed by atoms with E-state index in [9.17, 15) is 0 Å². The molecule has 0 saturated heterocycles. The van der Waals surface area contributed by atoms with Gasteiger partial charge in [0.05, 0.1) is 0 Å². The van der Waals surface area contributed by atoms with Crippen LogP contribution in [0.25, 0.3) is 0 Å². The van der Waals surface area contributed by atoms with Crippen LogP contribution in [-0.4, -0.2) is 11.5 Å². The van der Waals surface area contributed by atoms with E-state index in [1.165, 1.54) is 0 Å². The van der Waals surface area contributed by atoms with Crippen molar-refractivity contribution < 1.29 is 0 Å². The Morgan fingerprint density at radius 1 is 1.26 bits per heavy atom. The Balaban J connectivity index is 1.96.